The first-order valence-electron chi connectivity index (χ1n) is 10.5. The van der Waals surface area contributed by atoms with E-state index in [-0.39, 0.29) is 17.2 Å². The van der Waals surface area contributed by atoms with Gasteiger partial charge in [0.2, 0.25) is 5.91 Å². The van der Waals surface area contributed by atoms with Gasteiger partial charge in [-0.05, 0) is 42.5 Å². The summed E-state index contributed by atoms with van der Waals surface area (Å²) in [7, 11) is 1.92. The maximum absolute atomic E-state index is 12.8. The molecule has 2 amide bonds. The molecule has 1 heterocycles. The molecule has 0 unspecified atom stereocenters. The summed E-state index contributed by atoms with van der Waals surface area (Å²) in [5, 5.41) is 0.0305. The highest BCUT2D eigenvalue weighted by Gasteiger charge is 2.32. The van der Waals surface area contributed by atoms with Gasteiger partial charge in [-0.2, -0.15) is 0 Å². The number of nitrogens with zero attached hydrogens (tertiary/aromatic N) is 2. The van der Waals surface area contributed by atoms with Gasteiger partial charge < -0.3 is 9.80 Å². The Balaban J connectivity index is 1.43. The van der Waals surface area contributed by atoms with Crippen LogP contribution in [0.5, 0.6) is 0 Å². The van der Waals surface area contributed by atoms with Crippen molar-refractivity contribution in [1.82, 2.24) is 9.80 Å². The fourth-order valence-electron chi connectivity index (χ4n) is 4.32. The van der Waals surface area contributed by atoms with Crippen LogP contribution in [0.2, 0.25) is 0 Å². The van der Waals surface area contributed by atoms with E-state index in [4.69, 9.17) is 0 Å². The van der Waals surface area contributed by atoms with Gasteiger partial charge in [0, 0.05) is 25.2 Å². The quantitative estimate of drug-likeness (QED) is 0.706. The van der Waals surface area contributed by atoms with Gasteiger partial charge in [-0.15, -0.1) is 11.8 Å². The Morgan fingerprint density at radius 3 is 2.45 bits per heavy atom. The molecule has 1 atom stereocenters. The van der Waals surface area contributed by atoms with Crippen LogP contribution in [0, 0.1) is 0 Å². The first-order valence-corrected chi connectivity index (χ1v) is 11.5. The molecule has 0 bridgehead atoms. The van der Waals surface area contributed by atoms with Crippen molar-refractivity contribution in [3.05, 3.63) is 71.3 Å². The van der Waals surface area contributed by atoms with Crippen LogP contribution < -0.4 is 0 Å². The normalized spacial score (nSPS) is 19.7. The zero-order valence-electron chi connectivity index (χ0n) is 16.9. The van der Waals surface area contributed by atoms with E-state index < -0.39 is 0 Å². The molecule has 0 radical (unpaired) electrons. The van der Waals surface area contributed by atoms with Crippen LogP contribution >= 0.6 is 11.8 Å². The second-order valence-corrected chi connectivity index (χ2v) is 9.03. The summed E-state index contributed by atoms with van der Waals surface area (Å²) in [5.41, 5.74) is 3.06. The summed E-state index contributed by atoms with van der Waals surface area (Å²) in [6.07, 6.45) is 5.50. The second kappa shape index (κ2) is 9.04. The molecule has 152 valence electrons. The Morgan fingerprint density at radius 2 is 1.76 bits per heavy atom. The molecular weight excluding hydrogens is 380 g/mol. The number of amides is 2. The van der Waals surface area contributed by atoms with Crippen molar-refractivity contribution in [2.75, 3.05) is 19.3 Å². The molecule has 2 aliphatic rings. The molecule has 1 saturated carbocycles. The minimum absolute atomic E-state index is 0.0305. The summed E-state index contributed by atoms with van der Waals surface area (Å²) >= 11 is 1.67. The van der Waals surface area contributed by atoms with E-state index in [1.165, 1.54) is 18.4 Å². The lowest BCUT2D eigenvalue weighted by Gasteiger charge is -2.26. The van der Waals surface area contributed by atoms with E-state index in [9.17, 15) is 9.59 Å². The molecule has 5 heteroatoms. The molecule has 4 rings (SSSR count). The van der Waals surface area contributed by atoms with Crippen molar-refractivity contribution in [2.45, 2.75) is 43.5 Å². The van der Waals surface area contributed by atoms with Crippen LogP contribution in [0.3, 0.4) is 0 Å². The lowest BCUT2D eigenvalue weighted by atomic mass is 10.1. The standard InChI is InChI=1S/C24H28N2O2S/c1-25(21-9-5-6-10-21)23(28)19-11-13-20(14-12-19)24-26(22(27)17-29-24)16-15-18-7-3-2-4-8-18/h2-4,7-8,11-14,21,24H,5-6,9-10,15-17H2,1H3/t24-/m1/s1. The molecule has 1 aliphatic carbocycles. The van der Waals surface area contributed by atoms with Crippen LogP contribution in [0.4, 0.5) is 0 Å². The molecule has 1 saturated heterocycles. The Hall–Kier alpha value is -2.27. The lowest BCUT2D eigenvalue weighted by molar-refractivity contribution is -0.128. The van der Waals surface area contributed by atoms with E-state index in [0.717, 1.165) is 30.4 Å². The molecule has 0 N–H and O–H groups in total. The zero-order valence-corrected chi connectivity index (χ0v) is 17.7. The minimum Gasteiger partial charge on any atom is -0.339 e. The molecule has 2 aromatic rings. The third kappa shape index (κ3) is 4.50. The number of carbonyl (C=O) groups excluding carboxylic acids is 2. The van der Waals surface area contributed by atoms with Crippen molar-refractivity contribution < 1.29 is 9.59 Å². The third-order valence-corrected chi connectivity index (χ3v) is 7.34. The van der Waals surface area contributed by atoms with Crippen molar-refractivity contribution in [2.24, 2.45) is 0 Å². The number of rotatable bonds is 6. The van der Waals surface area contributed by atoms with Gasteiger partial charge in [0.1, 0.15) is 5.37 Å². The Labute approximate surface area is 177 Å². The van der Waals surface area contributed by atoms with Crippen molar-refractivity contribution in [3.8, 4) is 0 Å². The maximum Gasteiger partial charge on any atom is 0.253 e. The topological polar surface area (TPSA) is 40.6 Å². The Morgan fingerprint density at radius 1 is 1.07 bits per heavy atom. The second-order valence-electron chi connectivity index (χ2n) is 7.96. The summed E-state index contributed by atoms with van der Waals surface area (Å²) in [5.74, 6) is 0.807. The summed E-state index contributed by atoms with van der Waals surface area (Å²) in [6, 6.07) is 18.5. The molecule has 2 fully saturated rings. The molecule has 4 nitrogen and oxygen atoms in total. The predicted molar refractivity (Wildman–Crippen MR) is 118 cm³/mol. The van der Waals surface area contributed by atoms with Crippen LogP contribution in [0.25, 0.3) is 0 Å². The average Bonchev–Trinajstić information content (AvgIpc) is 3.42. The first kappa shape index (κ1) is 20.0. The smallest absolute Gasteiger partial charge is 0.253 e. The first-order chi connectivity index (χ1) is 14.1. The molecule has 29 heavy (non-hydrogen) atoms. The van der Waals surface area contributed by atoms with Crippen LogP contribution in [-0.4, -0.2) is 47.0 Å². The van der Waals surface area contributed by atoms with Crippen LogP contribution in [0.15, 0.2) is 54.6 Å². The van der Waals surface area contributed by atoms with Gasteiger partial charge in [-0.25, -0.2) is 0 Å². The summed E-state index contributed by atoms with van der Waals surface area (Å²) in [4.78, 5) is 29.1. The van der Waals surface area contributed by atoms with Crippen molar-refractivity contribution >= 4 is 23.6 Å². The monoisotopic (exact) mass is 408 g/mol. The lowest BCUT2D eigenvalue weighted by Crippen LogP contribution is -2.35. The highest BCUT2D eigenvalue weighted by atomic mass is 32.2. The fourth-order valence-corrected chi connectivity index (χ4v) is 5.54. The van der Waals surface area contributed by atoms with Gasteiger partial charge in [-0.1, -0.05) is 55.3 Å². The van der Waals surface area contributed by atoms with E-state index >= 15 is 0 Å². The number of carbonyl (C=O) groups is 2. The highest BCUT2D eigenvalue weighted by molar-refractivity contribution is 8.00. The fraction of sp³-hybridized carbons (Fsp3) is 0.417. The molecular formula is C24H28N2O2S. The van der Waals surface area contributed by atoms with Crippen molar-refractivity contribution in [1.29, 1.82) is 0 Å². The molecule has 0 aromatic heterocycles. The molecule has 1 aliphatic heterocycles. The van der Waals surface area contributed by atoms with Crippen LogP contribution in [-0.2, 0) is 11.2 Å². The minimum atomic E-state index is 0.0305. The third-order valence-electron chi connectivity index (χ3n) is 6.09. The predicted octanol–water partition coefficient (Wildman–Crippen LogP) is 4.52. The number of hydrogen-bond acceptors (Lipinski definition) is 3. The number of thioether (sulfide) groups is 1. The zero-order chi connectivity index (χ0) is 20.2. The van der Waals surface area contributed by atoms with Gasteiger partial charge in [0.05, 0.1) is 5.75 Å². The molecule has 2 aromatic carbocycles. The molecule has 0 spiro atoms. The largest absolute Gasteiger partial charge is 0.339 e. The van der Waals surface area contributed by atoms with E-state index in [2.05, 4.69) is 12.1 Å². The number of benzene rings is 2. The van der Waals surface area contributed by atoms with E-state index in [1.807, 2.05) is 59.3 Å². The summed E-state index contributed by atoms with van der Waals surface area (Å²) in [6.45, 7) is 0.714. The maximum atomic E-state index is 12.8. The Kier molecular flexibility index (Phi) is 6.24. The average molecular weight is 409 g/mol. The van der Waals surface area contributed by atoms with Gasteiger partial charge in [0.25, 0.3) is 5.91 Å². The van der Waals surface area contributed by atoms with Crippen molar-refractivity contribution in [3.63, 3.8) is 0 Å². The SMILES string of the molecule is CN(C(=O)c1ccc([C@H]2SCC(=O)N2CCc2ccccc2)cc1)C1CCCC1. The van der Waals surface area contributed by atoms with Gasteiger partial charge in [0.15, 0.2) is 0 Å². The number of hydrogen-bond donors (Lipinski definition) is 0. The van der Waals surface area contributed by atoms with Crippen LogP contribution in [0.1, 0.15) is 52.5 Å². The summed E-state index contributed by atoms with van der Waals surface area (Å²) < 4.78 is 0. The highest BCUT2D eigenvalue weighted by Crippen LogP contribution is 2.38. The van der Waals surface area contributed by atoms with Gasteiger partial charge >= 0.3 is 0 Å². The van der Waals surface area contributed by atoms with Gasteiger partial charge in [-0.3, -0.25) is 9.59 Å². The van der Waals surface area contributed by atoms with E-state index in [0.29, 0.717) is 18.3 Å². The van der Waals surface area contributed by atoms with E-state index in [1.54, 1.807) is 11.8 Å². The Bertz CT molecular complexity index is 847.